The van der Waals surface area contributed by atoms with Gasteiger partial charge in [-0.15, -0.1) is 24.0 Å². The fraction of sp³-hybridized carbons (Fsp3) is 0.391. The van der Waals surface area contributed by atoms with E-state index in [9.17, 15) is 4.79 Å². The van der Waals surface area contributed by atoms with E-state index in [0.29, 0.717) is 24.6 Å². The maximum absolute atomic E-state index is 12.1. The molecule has 1 unspecified atom stereocenters. The van der Waals surface area contributed by atoms with Crippen molar-refractivity contribution in [3.05, 3.63) is 59.7 Å². The highest BCUT2D eigenvalue weighted by atomic mass is 127. The molecular formula is C23H33IN4O3. The second-order valence-electron chi connectivity index (χ2n) is 7.14. The summed E-state index contributed by atoms with van der Waals surface area (Å²) in [6, 6.07) is 15.3. The summed E-state index contributed by atoms with van der Waals surface area (Å²) in [6.07, 6.45) is 0.731. The molecule has 0 heterocycles. The number of halogens is 1. The second-order valence-corrected chi connectivity index (χ2v) is 7.14. The van der Waals surface area contributed by atoms with E-state index in [0.717, 1.165) is 23.5 Å². The average molecular weight is 540 g/mol. The Kier molecular flexibility index (Phi) is 11.8. The van der Waals surface area contributed by atoms with Gasteiger partial charge in [0.05, 0.1) is 13.7 Å². The van der Waals surface area contributed by atoms with Crippen molar-refractivity contribution in [2.45, 2.75) is 19.4 Å². The van der Waals surface area contributed by atoms with Gasteiger partial charge in [0.25, 0.3) is 5.91 Å². The maximum Gasteiger partial charge on any atom is 0.253 e. The molecule has 0 aromatic heterocycles. The lowest BCUT2D eigenvalue weighted by Gasteiger charge is -2.18. The zero-order chi connectivity index (χ0) is 21.9. The van der Waals surface area contributed by atoms with Gasteiger partial charge in [-0.1, -0.05) is 18.2 Å². The Bertz CT molecular complexity index is 858. The Hall–Kier alpha value is -2.49. The van der Waals surface area contributed by atoms with Gasteiger partial charge in [0, 0.05) is 39.3 Å². The summed E-state index contributed by atoms with van der Waals surface area (Å²) in [6.45, 7) is 3.29. The number of nitrogens with zero attached hydrogens (tertiary/aromatic N) is 2. The summed E-state index contributed by atoms with van der Waals surface area (Å²) in [7, 11) is 6.88. The van der Waals surface area contributed by atoms with E-state index in [2.05, 4.69) is 15.6 Å². The second kappa shape index (κ2) is 13.7. The van der Waals surface area contributed by atoms with E-state index in [1.54, 1.807) is 33.2 Å². The molecule has 0 aliphatic carbocycles. The lowest BCUT2D eigenvalue weighted by molar-refractivity contribution is 0.0827. The smallest absolute Gasteiger partial charge is 0.253 e. The van der Waals surface area contributed by atoms with Gasteiger partial charge < -0.3 is 25.0 Å². The number of hydrogen-bond donors (Lipinski definition) is 2. The molecule has 0 aliphatic heterocycles. The largest absolute Gasteiger partial charge is 0.497 e. The Morgan fingerprint density at radius 3 is 2.48 bits per heavy atom. The first kappa shape index (κ1) is 26.5. The Morgan fingerprint density at radius 2 is 1.81 bits per heavy atom. The van der Waals surface area contributed by atoms with Crippen molar-refractivity contribution < 1.29 is 14.3 Å². The first-order chi connectivity index (χ1) is 14.4. The minimum Gasteiger partial charge on any atom is -0.497 e. The first-order valence-electron chi connectivity index (χ1n) is 9.98. The predicted octanol–water partition coefficient (Wildman–Crippen LogP) is 3.19. The standard InChI is InChI=1S/C23H32N4O3.HI/c1-17(30-21-11-7-10-20(15-21)29-5)16-26-23(24-2)25-13-12-18-8-6-9-19(14-18)22(28)27(3)4;/h6-11,14-15,17H,12-13,16H2,1-5H3,(H2,24,25,26);1H. The number of guanidine groups is 1. The molecule has 0 spiro atoms. The van der Waals surface area contributed by atoms with Crippen LogP contribution in [0.4, 0.5) is 0 Å². The lowest BCUT2D eigenvalue weighted by Crippen LogP contribution is -2.42. The van der Waals surface area contributed by atoms with Gasteiger partial charge in [-0.2, -0.15) is 0 Å². The summed E-state index contributed by atoms with van der Waals surface area (Å²) >= 11 is 0. The van der Waals surface area contributed by atoms with Crippen LogP contribution in [0.5, 0.6) is 11.5 Å². The van der Waals surface area contributed by atoms with Crippen LogP contribution in [-0.2, 0) is 6.42 Å². The van der Waals surface area contributed by atoms with Crippen molar-refractivity contribution >= 4 is 35.8 Å². The lowest BCUT2D eigenvalue weighted by atomic mass is 10.1. The van der Waals surface area contributed by atoms with Crippen molar-refractivity contribution in [2.24, 2.45) is 4.99 Å². The zero-order valence-corrected chi connectivity index (χ0v) is 21.2. The number of amides is 1. The van der Waals surface area contributed by atoms with Gasteiger partial charge in [-0.25, -0.2) is 0 Å². The van der Waals surface area contributed by atoms with Crippen LogP contribution in [0.25, 0.3) is 0 Å². The highest BCUT2D eigenvalue weighted by Crippen LogP contribution is 2.19. The molecule has 7 nitrogen and oxygen atoms in total. The van der Waals surface area contributed by atoms with Gasteiger partial charge in [-0.3, -0.25) is 9.79 Å². The van der Waals surface area contributed by atoms with E-state index in [-0.39, 0.29) is 36.0 Å². The molecular weight excluding hydrogens is 507 g/mol. The quantitative estimate of drug-likeness (QED) is 0.291. The van der Waals surface area contributed by atoms with Crippen LogP contribution in [0.2, 0.25) is 0 Å². The third-order valence-electron chi connectivity index (χ3n) is 4.45. The number of ether oxygens (including phenoxy) is 2. The van der Waals surface area contributed by atoms with Crippen molar-refractivity contribution in [1.29, 1.82) is 0 Å². The Morgan fingerprint density at radius 1 is 1.10 bits per heavy atom. The van der Waals surface area contributed by atoms with E-state index < -0.39 is 0 Å². The van der Waals surface area contributed by atoms with Gasteiger partial charge in [0.2, 0.25) is 0 Å². The van der Waals surface area contributed by atoms with Crippen molar-refractivity contribution in [1.82, 2.24) is 15.5 Å². The van der Waals surface area contributed by atoms with Gasteiger partial charge >= 0.3 is 0 Å². The summed E-state index contributed by atoms with van der Waals surface area (Å²) in [4.78, 5) is 17.9. The van der Waals surface area contributed by atoms with Crippen LogP contribution in [0.15, 0.2) is 53.5 Å². The van der Waals surface area contributed by atoms with Crippen LogP contribution < -0.4 is 20.1 Å². The highest BCUT2D eigenvalue weighted by Gasteiger charge is 2.09. The van der Waals surface area contributed by atoms with Crippen LogP contribution >= 0.6 is 24.0 Å². The van der Waals surface area contributed by atoms with Gasteiger partial charge in [-0.05, 0) is 43.2 Å². The SMILES string of the molecule is CN=C(NCCc1cccc(C(=O)N(C)C)c1)NCC(C)Oc1cccc(OC)c1.I. The van der Waals surface area contributed by atoms with E-state index in [1.165, 1.54) is 0 Å². The molecule has 1 atom stereocenters. The fourth-order valence-corrected chi connectivity index (χ4v) is 2.85. The number of carbonyl (C=O) groups is 1. The number of rotatable bonds is 9. The summed E-state index contributed by atoms with van der Waals surface area (Å²) in [5, 5.41) is 6.57. The molecule has 0 saturated carbocycles. The van der Waals surface area contributed by atoms with Crippen LogP contribution in [0, 0.1) is 0 Å². The number of carbonyl (C=O) groups excluding carboxylic acids is 1. The molecule has 2 aromatic rings. The molecule has 0 radical (unpaired) electrons. The fourth-order valence-electron chi connectivity index (χ4n) is 2.85. The summed E-state index contributed by atoms with van der Waals surface area (Å²) in [5.41, 5.74) is 1.80. The van der Waals surface area contributed by atoms with Gasteiger partial charge in [0.1, 0.15) is 17.6 Å². The third kappa shape index (κ3) is 9.04. The zero-order valence-electron chi connectivity index (χ0n) is 18.8. The predicted molar refractivity (Wildman–Crippen MR) is 136 cm³/mol. The minimum absolute atomic E-state index is 0. The average Bonchev–Trinajstić information content (AvgIpc) is 2.75. The number of benzene rings is 2. The number of methoxy groups -OCH3 is 1. The molecule has 0 fully saturated rings. The van der Waals surface area contributed by atoms with E-state index in [1.807, 2.05) is 55.5 Å². The van der Waals surface area contributed by atoms with Crippen LogP contribution in [0.1, 0.15) is 22.8 Å². The molecule has 2 N–H and O–H groups in total. The van der Waals surface area contributed by atoms with Crippen molar-refractivity contribution in [3.63, 3.8) is 0 Å². The molecule has 2 aromatic carbocycles. The van der Waals surface area contributed by atoms with Gasteiger partial charge in [0.15, 0.2) is 5.96 Å². The summed E-state index contributed by atoms with van der Waals surface area (Å²) < 4.78 is 11.1. The van der Waals surface area contributed by atoms with E-state index >= 15 is 0 Å². The van der Waals surface area contributed by atoms with Crippen molar-refractivity contribution in [3.8, 4) is 11.5 Å². The first-order valence-corrected chi connectivity index (χ1v) is 9.98. The van der Waals surface area contributed by atoms with Crippen LogP contribution in [0.3, 0.4) is 0 Å². The topological polar surface area (TPSA) is 75.2 Å². The molecule has 1 amide bonds. The molecule has 0 aliphatic rings. The molecule has 2 rings (SSSR count). The maximum atomic E-state index is 12.1. The molecule has 8 heteroatoms. The van der Waals surface area contributed by atoms with Crippen LogP contribution in [-0.4, -0.2) is 64.2 Å². The number of aliphatic imine (C=N–C) groups is 1. The Labute approximate surface area is 202 Å². The molecule has 31 heavy (non-hydrogen) atoms. The van der Waals surface area contributed by atoms with E-state index in [4.69, 9.17) is 9.47 Å². The monoisotopic (exact) mass is 540 g/mol. The van der Waals surface area contributed by atoms with Crippen molar-refractivity contribution in [2.75, 3.05) is 41.3 Å². The molecule has 0 bridgehead atoms. The molecule has 0 saturated heterocycles. The molecule has 170 valence electrons. The highest BCUT2D eigenvalue weighted by molar-refractivity contribution is 14.0. The normalized spacial score (nSPS) is 11.7. The summed E-state index contributed by atoms with van der Waals surface area (Å²) in [5.74, 6) is 2.24. The number of hydrogen-bond acceptors (Lipinski definition) is 4. The Balaban J connectivity index is 0.00000480. The number of nitrogens with one attached hydrogen (secondary N) is 2. The minimum atomic E-state index is -0.0515. The third-order valence-corrected chi connectivity index (χ3v) is 4.45.